The van der Waals surface area contributed by atoms with Crippen molar-refractivity contribution in [2.45, 2.75) is 26.7 Å². The molecule has 2 N–H and O–H groups in total. The highest BCUT2D eigenvalue weighted by atomic mass is 16.5. The number of aromatic nitrogens is 4. The maximum absolute atomic E-state index is 12.5. The molecule has 2 aromatic carbocycles. The fraction of sp³-hybridized carbons (Fsp3) is 0.261. The van der Waals surface area contributed by atoms with E-state index >= 15 is 0 Å². The second kappa shape index (κ2) is 8.51. The van der Waals surface area contributed by atoms with Crippen molar-refractivity contribution in [2.24, 2.45) is 0 Å². The van der Waals surface area contributed by atoms with Crippen LogP contribution in [0.25, 0.3) is 5.65 Å². The minimum absolute atomic E-state index is 0.0977. The van der Waals surface area contributed by atoms with E-state index in [1.807, 2.05) is 51.1 Å². The Balaban J connectivity index is 1.48. The Bertz CT molecular complexity index is 1210. The molecule has 1 atom stereocenters. The van der Waals surface area contributed by atoms with Crippen molar-refractivity contribution in [1.29, 1.82) is 0 Å². The number of amides is 1. The molecule has 1 unspecified atom stereocenters. The SMILES string of the molecule is COc1ccccc1C(=O)NCC(C)c1nc2c(Oc3ccc(C)cc3)c(C)[nH]n2n1. The van der Waals surface area contributed by atoms with E-state index in [0.717, 1.165) is 17.0 Å². The molecule has 0 aliphatic carbocycles. The van der Waals surface area contributed by atoms with Crippen LogP contribution in [-0.2, 0) is 0 Å². The number of carbonyl (C=O) groups excluding carboxylic acids is 1. The van der Waals surface area contributed by atoms with E-state index in [1.54, 1.807) is 29.9 Å². The third kappa shape index (κ3) is 4.23. The summed E-state index contributed by atoms with van der Waals surface area (Å²) < 4.78 is 12.9. The monoisotopic (exact) mass is 419 g/mol. The fourth-order valence-electron chi connectivity index (χ4n) is 3.25. The minimum Gasteiger partial charge on any atom is -0.496 e. The van der Waals surface area contributed by atoms with E-state index in [1.165, 1.54) is 0 Å². The van der Waals surface area contributed by atoms with Crippen LogP contribution in [0.3, 0.4) is 0 Å². The largest absolute Gasteiger partial charge is 0.496 e. The highest BCUT2D eigenvalue weighted by molar-refractivity contribution is 5.96. The highest BCUT2D eigenvalue weighted by Crippen LogP contribution is 2.29. The first-order valence-electron chi connectivity index (χ1n) is 10.1. The predicted octanol–water partition coefficient (Wildman–Crippen LogP) is 4.01. The number of fused-ring (bicyclic) bond motifs is 1. The summed E-state index contributed by atoms with van der Waals surface area (Å²) >= 11 is 0. The second-order valence-corrected chi connectivity index (χ2v) is 7.50. The molecule has 0 fully saturated rings. The van der Waals surface area contributed by atoms with Gasteiger partial charge in [0.25, 0.3) is 5.91 Å². The summed E-state index contributed by atoms with van der Waals surface area (Å²) in [6.45, 7) is 6.29. The van der Waals surface area contributed by atoms with Crippen molar-refractivity contribution in [2.75, 3.05) is 13.7 Å². The zero-order valence-corrected chi connectivity index (χ0v) is 18.0. The molecule has 4 rings (SSSR count). The zero-order valence-electron chi connectivity index (χ0n) is 18.0. The van der Waals surface area contributed by atoms with Gasteiger partial charge in [0.1, 0.15) is 11.5 Å². The van der Waals surface area contributed by atoms with Crippen LogP contribution in [0.1, 0.15) is 40.3 Å². The van der Waals surface area contributed by atoms with Gasteiger partial charge in [0.2, 0.25) is 5.65 Å². The van der Waals surface area contributed by atoms with Gasteiger partial charge < -0.3 is 14.8 Å². The number of carbonyl (C=O) groups is 1. The summed E-state index contributed by atoms with van der Waals surface area (Å²) in [6.07, 6.45) is 0. The Morgan fingerprint density at radius 1 is 1.16 bits per heavy atom. The first-order valence-corrected chi connectivity index (χ1v) is 10.1. The van der Waals surface area contributed by atoms with Crippen molar-refractivity contribution in [3.05, 3.63) is 71.2 Å². The Hall–Kier alpha value is -3.81. The van der Waals surface area contributed by atoms with Crippen LogP contribution in [0.4, 0.5) is 0 Å². The average molecular weight is 419 g/mol. The highest BCUT2D eigenvalue weighted by Gasteiger charge is 2.20. The van der Waals surface area contributed by atoms with Crippen molar-refractivity contribution >= 4 is 11.6 Å². The smallest absolute Gasteiger partial charge is 0.255 e. The van der Waals surface area contributed by atoms with E-state index in [2.05, 4.69) is 20.5 Å². The number of ether oxygens (including phenoxy) is 2. The molecule has 0 radical (unpaired) electrons. The number of rotatable bonds is 7. The Labute approximate surface area is 180 Å². The van der Waals surface area contributed by atoms with Gasteiger partial charge in [-0.3, -0.25) is 9.89 Å². The fourth-order valence-corrected chi connectivity index (χ4v) is 3.25. The molecule has 0 saturated carbocycles. The number of para-hydroxylation sites is 1. The van der Waals surface area contributed by atoms with Gasteiger partial charge in [0.15, 0.2) is 11.6 Å². The van der Waals surface area contributed by atoms with E-state index in [4.69, 9.17) is 9.47 Å². The molecular weight excluding hydrogens is 394 g/mol. The average Bonchev–Trinajstić information content (AvgIpc) is 3.31. The standard InChI is InChI=1S/C23H25N5O3/c1-14-9-11-17(12-10-14)31-20-16(3)26-28-22(20)25-21(27-28)15(2)13-24-23(29)18-7-5-6-8-19(18)30-4/h5-12,15,26H,13H2,1-4H3,(H,24,29). The molecule has 0 saturated heterocycles. The van der Waals surface area contributed by atoms with Crippen molar-refractivity contribution in [3.8, 4) is 17.2 Å². The number of hydrogen-bond donors (Lipinski definition) is 2. The minimum atomic E-state index is -0.201. The van der Waals surface area contributed by atoms with Gasteiger partial charge in [0, 0.05) is 12.5 Å². The number of hydrogen-bond acceptors (Lipinski definition) is 5. The van der Waals surface area contributed by atoms with E-state index in [-0.39, 0.29) is 11.8 Å². The molecule has 1 amide bonds. The molecule has 2 aromatic heterocycles. The molecule has 0 aliphatic rings. The van der Waals surface area contributed by atoms with Crippen LogP contribution in [0.15, 0.2) is 48.5 Å². The van der Waals surface area contributed by atoms with E-state index in [0.29, 0.717) is 35.1 Å². The summed E-state index contributed by atoms with van der Waals surface area (Å²) in [6, 6.07) is 15.0. The molecule has 31 heavy (non-hydrogen) atoms. The number of aromatic amines is 1. The quantitative estimate of drug-likeness (QED) is 0.472. The molecule has 0 bridgehead atoms. The molecule has 8 nitrogen and oxygen atoms in total. The van der Waals surface area contributed by atoms with Crippen molar-refractivity contribution in [1.82, 2.24) is 25.1 Å². The van der Waals surface area contributed by atoms with Crippen molar-refractivity contribution in [3.63, 3.8) is 0 Å². The van der Waals surface area contributed by atoms with Crippen molar-refractivity contribution < 1.29 is 14.3 Å². The molecule has 0 spiro atoms. The van der Waals surface area contributed by atoms with Crippen LogP contribution in [0.2, 0.25) is 0 Å². The first kappa shape index (κ1) is 20.5. The molecular formula is C23H25N5O3. The predicted molar refractivity (Wildman–Crippen MR) is 117 cm³/mol. The number of H-pyrrole nitrogens is 1. The Morgan fingerprint density at radius 3 is 2.65 bits per heavy atom. The van der Waals surface area contributed by atoms with Gasteiger partial charge in [-0.15, -0.1) is 9.73 Å². The lowest BCUT2D eigenvalue weighted by Crippen LogP contribution is -2.28. The maximum Gasteiger partial charge on any atom is 0.255 e. The Kier molecular flexibility index (Phi) is 5.62. The van der Waals surface area contributed by atoms with Gasteiger partial charge in [-0.25, -0.2) is 4.98 Å². The lowest BCUT2D eigenvalue weighted by Gasteiger charge is -2.11. The van der Waals surface area contributed by atoms with Gasteiger partial charge in [-0.05, 0) is 38.1 Å². The lowest BCUT2D eigenvalue weighted by molar-refractivity contribution is 0.0948. The topological polar surface area (TPSA) is 93.5 Å². The number of nitrogens with zero attached hydrogens (tertiary/aromatic N) is 3. The van der Waals surface area contributed by atoms with Gasteiger partial charge in [0.05, 0.1) is 18.4 Å². The molecule has 8 heteroatoms. The van der Waals surface area contributed by atoms with Gasteiger partial charge in [-0.2, -0.15) is 0 Å². The van der Waals surface area contributed by atoms with E-state index in [9.17, 15) is 4.79 Å². The molecule has 4 aromatic rings. The maximum atomic E-state index is 12.5. The number of aryl methyl sites for hydroxylation is 2. The van der Waals surface area contributed by atoms with Crippen LogP contribution in [-0.4, -0.2) is 39.4 Å². The number of benzene rings is 2. The van der Waals surface area contributed by atoms with Gasteiger partial charge >= 0.3 is 0 Å². The normalized spacial score (nSPS) is 12.0. The van der Waals surface area contributed by atoms with Crippen LogP contribution in [0.5, 0.6) is 17.2 Å². The molecule has 0 aliphatic heterocycles. The first-order chi connectivity index (χ1) is 15.0. The third-order valence-electron chi connectivity index (χ3n) is 5.04. The van der Waals surface area contributed by atoms with Crippen LogP contribution in [0, 0.1) is 13.8 Å². The summed E-state index contributed by atoms with van der Waals surface area (Å²) in [7, 11) is 1.55. The second-order valence-electron chi connectivity index (χ2n) is 7.50. The van der Waals surface area contributed by atoms with Gasteiger partial charge in [-0.1, -0.05) is 36.8 Å². The summed E-state index contributed by atoms with van der Waals surface area (Å²) in [4.78, 5) is 17.2. The number of nitrogens with one attached hydrogen (secondary N) is 2. The molecule has 2 heterocycles. The summed E-state index contributed by atoms with van der Waals surface area (Å²) in [5, 5.41) is 10.6. The lowest BCUT2D eigenvalue weighted by atomic mass is 10.1. The number of methoxy groups -OCH3 is 1. The summed E-state index contributed by atoms with van der Waals surface area (Å²) in [5.41, 5.74) is 3.10. The summed E-state index contributed by atoms with van der Waals surface area (Å²) in [5.74, 6) is 2.22. The third-order valence-corrected chi connectivity index (χ3v) is 5.04. The zero-order chi connectivity index (χ0) is 22.0. The molecule has 160 valence electrons. The van der Waals surface area contributed by atoms with E-state index < -0.39 is 0 Å². The van der Waals surface area contributed by atoms with Crippen LogP contribution >= 0.6 is 0 Å². The van der Waals surface area contributed by atoms with Crippen LogP contribution < -0.4 is 14.8 Å². The Morgan fingerprint density at radius 2 is 1.90 bits per heavy atom.